The molecule has 1 rings (SSSR count). The molecule has 4 heteroatoms. The zero-order valence-corrected chi connectivity index (χ0v) is 12.3. The number of methoxy groups -OCH3 is 1. The lowest BCUT2D eigenvalue weighted by molar-refractivity contribution is -0.146. The summed E-state index contributed by atoms with van der Waals surface area (Å²) in [5, 5.41) is 0. The van der Waals surface area contributed by atoms with Gasteiger partial charge in [-0.3, -0.25) is 4.79 Å². The molecule has 0 aromatic heterocycles. The summed E-state index contributed by atoms with van der Waals surface area (Å²) in [5.41, 5.74) is 7.42. The SMILES string of the molecule is CCN(CCC(C)(N)C(=O)OC)c1cccc(C)c1. The molecule has 0 saturated carbocycles. The second-order valence-electron chi connectivity index (χ2n) is 5.08. The van der Waals surface area contributed by atoms with Crippen molar-refractivity contribution in [1.82, 2.24) is 0 Å². The Kier molecular flexibility index (Phi) is 5.36. The van der Waals surface area contributed by atoms with Crippen molar-refractivity contribution in [3.8, 4) is 0 Å². The molecule has 0 aliphatic heterocycles. The van der Waals surface area contributed by atoms with E-state index in [2.05, 4.69) is 36.9 Å². The van der Waals surface area contributed by atoms with Gasteiger partial charge in [-0.1, -0.05) is 12.1 Å². The molecule has 0 radical (unpaired) electrons. The number of nitrogens with two attached hydrogens (primary N) is 1. The van der Waals surface area contributed by atoms with Crippen molar-refractivity contribution < 1.29 is 9.53 Å². The van der Waals surface area contributed by atoms with E-state index in [1.165, 1.54) is 12.7 Å². The normalized spacial score (nSPS) is 13.7. The highest BCUT2D eigenvalue weighted by molar-refractivity contribution is 5.79. The van der Waals surface area contributed by atoms with Crippen LogP contribution in [-0.2, 0) is 9.53 Å². The van der Waals surface area contributed by atoms with Crippen LogP contribution in [0.5, 0.6) is 0 Å². The highest BCUT2D eigenvalue weighted by Crippen LogP contribution is 2.18. The minimum atomic E-state index is -0.938. The van der Waals surface area contributed by atoms with Crippen LogP contribution < -0.4 is 10.6 Å². The molecule has 106 valence electrons. The van der Waals surface area contributed by atoms with E-state index < -0.39 is 5.54 Å². The number of ether oxygens (including phenoxy) is 1. The lowest BCUT2D eigenvalue weighted by atomic mass is 9.99. The fourth-order valence-electron chi connectivity index (χ4n) is 2.00. The lowest BCUT2D eigenvalue weighted by Crippen LogP contribution is -2.48. The molecule has 0 aliphatic rings. The van der Waals surface area contributed by atoms with E-state index in [-0.39, 0.29) is 5.97 Å². The summed E-state index contributed by atoms with van der Waals surface area (Å²) in [6, 6.07) is 8.31. The quantitative estimate of drug-likeness (QED) is 0.799. The zero-order valence-electron chi connectivity index (χ0n) is 12.3. The molecule has 0 heterocycles. The Bertz CT molecular complexity index is 430. The second kappa shape index (κ2) is 6.57. The number of rotatable bonds is 6. The molecule has 0 aliphatic carbocycles. The van der Waals surface area contributed by atoms with Crippen molar-refractivity contribution in [3.05, 3.63) is 29.8 Å². The molecule has 0 fully saturated rings. The number of nitrogens with zero attached hydrogens (tertiary/aromatic N) is 1. The number of carbonyl (C=O) groups is 1. The van der Waals surface area contributed by atoms with Crippen LogP contribution in [0.15, 0.2) is 24.3 Å². The van der Waals surface area contributed by atoms with Crippen molar-refractivity contribution in [2.75, 3.05) is 25.1 Å². The van der Waals surface area contributed by atoms with Crippen molar-refractivity contribution >= 4 is 11.7 Å². The molecule has 2 N–H and O–H groups in total. The van der Waals surface area contributed by atoms with E-state index in [1.807, 2.05) is 6.07 Å². The van der Waals surface area contributed by atoms with Crippen LogP contribution in [0.2, 0.25) is 0 Å². The molecule has 0 amide bonds. The zero-order chi connectivity index (χ0) is 14.5. The summed E-state index contributed by atoms with van der Waals surface area (Å²) in [7, 11) is 1.37. The maximum Gasteiger partial charge on any atom is 0.325 e. The fraction of sp³-hybridized carbons (Fsp3) is 0.533. The topological polar surface area (TPSA) is 55.6 Å². The minimum Gasteiger partial charge on any atom is -0.468 e. The highest BCUT2D eigenvalue weighted by Gasteiger charge is 2.29. The summed E-state index contributed by atoms with van der Waals surface area (Å²) in [5.74, 6) is -0.368. The van der Waals surface area contributed by atoms with Crippen molar-refractivity contribution in [3.63, 3.8) is 0 Å². The van der Waals surface area contributed by atoms with Gasteiger partial charge in [-0.2, -0.15) is 0 Å². The van der Waals surface area contributed by atoms with Gasteiger partial charge >= 0.3 is 5.97 Å². The van der Waals surface area contributed by atoms with Crippen LogP contribution in [0.3, 0.4) is 0 Å². The molecule has 1 aromatic carbocycles. The third kappa shape index (κ3) is 4.24. The first kappa shape index (κ1) is 15.5. The van der Waals surface area contributed by atoms with Gasteiger partial charge in [0.1, 0.15) is 5.54 Å². The molecular formula is C15H24N2O2. The highest BCUT2D eigenvalue weighted by atomic mass is 16.5. The van der Waals surface area contributed by atoms with Crippen molar-refractivity contribution in [2.24, 2.45) is 5.73 Å². The number of aryl methyl sites for hydroxylation is 1. The van der Waals surface area contributed by atoms with Gasteiger partial charge in [-0.05, 0) is 44.9 Å². The maximum atomic E-state index is 11.6. The first-order chi connectivity index (χ1) is 8.90. The first-order valence-electron chi connectivity index (χ1n) is 6.59. The van der Waals surface area contributed by atoms with E-state index >= 15 is 0 Å². The first-order valence-corrected chi connectivity index (χ1v) is 6.59. The van der Waals surface area contributed by atoms with Crippen LogP contribution >= 0.6 is 0 Å². The summed E-state index contributed by atoms with van der Waals surface area (Å²) in [4.78, 5) is 13.8. The Labute approximate surface area is 115 Å². The Morgan fingerprint density at radius 1 is 1.47 bits per heavy atom. The van der Waals surface area contributed by atoms with Gasteiger partial charge < -0.3 is 15.4 Å². The molecule has 0 spiro atoms. The molecular weight excluding hydrogens is 240 g/mol. The third-order valence-electron chi connectivity index (χ3n) is 3.30. The van der Waals surface area contributed by atoms with E-state index in [0.29, 0.717) is 6.42 Å². The van der Waals surface area contributed by atoms with Gasteiger partial charge in [-0.25, -0.2) is 0 Å². The number of hydrogen-bond acceptors (Lipinski definition) is 4. The van der Waals surface area contributed by atoms with Gasteiger partial charge in [0.05, 0.1) is 7.11 Å². The average Bonchev–Trinajstić information content (AvgIpc) is 2.38. The maximum absolute atomic E-state index is 11.6. The van der Waals surface area contributed by atoms with E-state index in [0.717, 1.165) is 18.8 Å². The monoisotopic (exact) mass is 264 g/mol. The smallest absolute Gasteiger partial charge is 0.325 e. The van der Waals surface area contributed by atoms with Crippen LogP contribution in [0.1, 0.15) is 25.8 Å². The largest absolute Gasteiger partial charge is 0.468 e. The minimum absolute atomic E-state index is 0.368. The molecule has 4 nitrogen and oxygen atoms in total. The Balaban J connectivity index is 2.71. The predicted octanol–water partition coefficient (Wildman–Crippen LogP) is 2.10. The molecule has 1 atom stereocenters. The van der Waals surface area contributed by atoms with E-state index in [9.17, 15) is 4.79 Å². The number of carbonyl (C=O) groups excluding carboxylic acids is 1. The Morgan fingerprint density at radius 2 is 2.16 bits per heavy atom. The van der Waals surface area contributed by atoms with Crippen LogP contribution in [-0.4, -0.2) is 31.7 Å². The standard InChI is InChI=1S/C15H24N2O2/c1-5-17(13-8-6-7-12(2)11-13)10-9-15(3,16)14(18)19-4/h6-8,11H,5,9-10,16H2,1-4H3. The summed E-state index contributed by atoms with van der Waals surface area (Å²) in [6.45, 7) is 7.47. The summed E-state index contributed by atoms with van der Waals surface area (Å²) >= 11 is 0. The Hall–Kier alpha value is -1.55. The third-order valence-corrected chi connectivity index (χ3v) is 3.30. The van der Waals surface area contributed by atoms with Gasteiger partial charge in [0.2, 0.25) is 0 Å². The number of benzene rings is 1. The molecule has 0 bridgehead atoms. The lowest BCUT2D eigenvalue weighted by Gasteiger charge is -2.28. The summed E-state index contributed by atoms with van der Waals surface area (Å²) in [6.07, 6.45) is 0.557. The summed E-state index contributed by atoms with van der Waals surface area (Å²) < 4.78 is 4.72. The van der Waals surface area contributed by atoms with Crippen LogP contribution in [0.4, 0.5) is 5.69 Å². The van der Waals surface area contributed by atoms with Crippen LogP contribution in [0.25, 0.3) is 0 Å². The van der Waals surface area contributed by atoms with Crippen molar-refractivity contribution in [1.29, 1.82) is 0 Å². The Morgan fingerprint density at radius 3 is 2.68 bits per heavy atom. The number of esters is 1. The average molecular weight is 264 g/mol. The second-order valence-corrected chi connectivity index (χ2v) is 5.08. The number of anilines is 1. The van der Waals surface area contributed by atoms with Gasteiger partial charge in [0.25, 0.3) is 0 Å². The molecule has 0 saturated heterocycles. The molecule has 1 aromatic rings. The van der Waals surface area contributed by atoms with Crippen molar-refractivity contribution in [2.45, 2.75) is 32.7 Å². The fourth-order valence-corrected chi connectivity index (χ4v) is 2.00. The molecule has 1 unspecified atom stereocenters. The van der Waals surface area contributed by atoms with Gasteiger partial charge in [0, 0.05) is 18.8 Å². The van der Waals surface area contributed by atoms with Crippen LogP contribution in [0, 0.1) is 6.92 Å². The van der Waals surface area contributed by atoms with Gasteiger partial charge in [0.15, 0.2) is 0 Å². The van der Waals surface area contributed by atoms with Gasteiger partial charge in [-0.15, -0.1) is 0 Å². The van der Waals surface area contributed by atoms with E-state index in [4.69, 9.17) is 10.5 Å². The van der Waals surface area contributed by atoms with E-state index in [1.54, 1.807) is 6.92 Å². The predicted molar refractivity (Wildman–Crippen MR) is 78.3 cm³/mol. The number of hydrogen-bond donors (Lipinski definition) is 1. The molecule has 19 heavy (non-hydrogen) atoms.